The van der Waals surface area contributed by atoms with Crippen LogP contribution in [0.3, 0.4) is 0 Å². The first-order valence-corrected chi connectivity index (χ1v) is 6.20. The van der Waals surface area contributed by atoms with Crippen LogP contribution in [-0.4, -0.2) is 4.98 Å². The maximum atomic E-state index is 12.5. The normalized spacial score (nSPS) is 14.9. The molecule has 0 amide bonds. The van der Waals surface area contributed by atoms with E-state index < -0.39 is 11.1 Å². The molecule has 18 heavy (non-hydrogen) atoms. The number of hydrogen-bond acceptors (Lipinski definition) is 3. The summed E-state index contributed by atoms with van der Waals surface area (Å²) in [6, 6.07) is 7.86. The van der Waals surface area contributed by atoms with E-state index in [9.17, 15) is 13.2 Å². The molecule has 0 radical (unpaired) electrons. The molecule has 0 fully saturated rings. The molecule has 3 rings (SSSR count). The first-order valence-electron chi connectivity index (χ1n) is 5.39. The molecular weight excluding hydrogens is 261 g/mol. The lowest BCUT2D eigenvalue weighted by Gasteiger charge is -2.12. The van der Waals surface area contributed by atoms with E-state index in [4.69, 9.17) is 0 Å². The average Bonchev–Trinajstić information content (AvgIpc) is 2.94. The summed E-state index contributed by atoms with van der Waals surface area (Å²) in [6.45, 7) is 1.25. The van der Waals surface area contributed by atoms with Crippen LogP contribution in [0.2, 0.25) is 0 Å². The van der Waals surface area contributed by atoms with Gasteiger partial charge in [0, 0.05) is 13.1 Å². The maximum absolute atomic E-state index is 12.5. The van der Waals surface area contributed by atoms with Gasteiger partial charge < -0.3 is 4.90 Å². The molecule has 0 saturated heterocycles. The molecule has 0 bridgehead atoms. The Balaban J connectivity index is 1.85. The molecule has 0 unspecified atom stereocenters. The lowest BCUT2D eigenvalue weighted by Crippen LogP contribution is -2.13. The number of hydrogen-bond donors (Lipinski definition) is 0. The number of nitrogens with zero attached hydrogens (tertiary/aromatic N) is 2. The van der Waals surface area contributed by atoms with Crippen molar-refractivity contribution in [3.63, 3.8) is 0 Å². The lowest BCUT2D eigenvalue weighted by atomic mass is 10.1. The van der Waals surface area contributed by atoms with Crippen molar-refractivity contribution >= 4 is 16.5 Å². The minimum Gasteiger partial charge on any atom is -0.339 e. The predicted octanol–water partition coefficient (Wildman–Crippen LogP) is 3.68. The second-order valence-electron chi connectivity index (χ2n) is 4.13. The fraction of sp³-hybridized carbons (Fsp3) is 0.250. The van der Waals surface area contributed by atoms with Gasteiger partial charge in [-0.2, -0.15) is 13.2 Å². The third-order valence-corrected chi connectivity index (χ3v) is 3.99. The van der Waals surface area contributed by atoms with Crippen LogP contribution in [0.15, 0.2) is 30.5 Å². The standard InChI is InChI=1S/C12H9F3N2S/c13-12(14,15)10-5-16-11(18-10)17-6-8-3-1-2-4-9(8)7-17/h1-5H,6-7H2. The van der Waals surface area contributed by atoms with Gasteiger partial charge >= 0.3 is 6.18 Å². The third kappa shape index (κ3) is 1.96. The highest BCUT2D eigenvalue weighted by Crippen LogP contribution is 2.38. The van der Waals surface area contributed by atoms with Gasteiger partial charge in [0.2, 0.25) is 0 Å². The molecule has 6 heteroatoms. The van der Waals surface area contributed by atoms with E-state index in [0.29, 0.717) is 29.6 Å². The second kappa shape index (κ2) is 3.98. The Kier molecular flexibility index (Phi) is 2.55. The van der Waals surface area contributed by atoms with E-state index in [1.165, 1.54) is 0 Å². The van der Waals surface area contributed by atoms with Gasteiger partial charge in [-0.15, -0.1) is 0 Å². The Bertz CT molecular complexity index is 552. The first-order chi connectivity index (χ1) is 8.54. The number of alkyl halides is 3. The molecular formula is C12H9F3N2S. The molecule has 0 N–H and O–H groups in total. The van der Waals surface area contributed by atoms with E-state index >= 15 is 0 Å². The summed E-state index contributed by atoms with van der Waals surface area (Å²) < 4.78 is 37.5. The molecule has 0 aliphatic carbocycles. The van der Waals surface area contributed by atoms with Crippen molar-refractivity contribution in [3.05, 3.63) is 46.5 Å². The molecule has 2 aromatic rings. The summed E-state index contributed by atoms with van der Waals surface area (Å²) in [5.74, 6) is 0. The Morgan fingerprint density at radius 3 is 2.22 bits per heavy atom. The number of rotatable bonds is 1. The summed E-state index contributed by atoms with van der Waals surface area (Å²) in [7, 11) is 0. The number of aromatic nitrogens is 1. The Morgan fingerprint density at radius 2 is 1.72 bits per heavy atom. The van der Waals surface area contributed by atoms with E-state index in [1.807, 2.05) is 29.2 Å². The largest absolute Gasteiger partial charge is 0.427 e. The first kappa shape index (κ1) is 11.5. The van der Waals surface area contributed by atoms with Crippen LogP contribution in [0.25, 0.3) is 0 Å². The number of anilines is 1. The topological polar surface area (TPSA) is 16.1 Å². The summed E-state index contributed by atoms with van der Waals surface area (Å²) in [6.07, 6.45) is -3.40. The van der Waals surface area contributed by atoms with Crippen LogP contribution in [-0.2, 0) is 19.3 Å². The van der Waals surface area contributed by atoms with Gasteiger partial charge in [-0.3, -0.25) is 0 Å². The summed E-state index contributed by atoms with van der Waals surface area (Å²) in [5.41, 5.74) is 2.31. The monoisotopic (exact) mass is 270 g/mol. The molecule has 0 spiro atoms. The van der Waals surface area contributed by atoms with E-state index in [1.54, 1.807) is 0 Å². The summed E-state index contributed by atoms with van der Waals surface area (Å²) in [4.78, 5) is 5.09. The van der Waals surface area contributed by atoms with Crippen LogP contribution >= 0.6 is 11.3 Å². The van der Waals surface area contributed by atoms with Crippen molar-refractivity contribution in [2.75, 3.05) is 4.90 Å². The van der Waals surface area contributed by atoms with Gasteiger partial charge in [-0.05, 0) is 11.1 Å². The highest BCUT2D eigenvalue weighted by molar-refractivity contribution is 7.15. The van der Waals surface area contributed by atoms with Crippen LogP contribution in [0.1, 0.15) is 16.0 Å². The number of benzene rings is 1. The van der Waals surface area contributed by atoms with E-state index in [0.717, 1.165) is 17.3 Å². The minimum absolute atomic E-state index is 0.429. The zero-order valence-corrected chi connectivity index (χ0v) is 10.1. The molecule has 0 atom stereocenters. The number of halogens is 3. The number of fused-ring (bicyclic) bond motifs is 1. The van der Waals surface area contributed by atoms with Crippen molar-refractivity contribution in [2.24, 2.45) is 0 Å². The van der Waals surface area contributed by atoms with Crippen LogP contribution in [0.4, 0.5) is 18.3 Å². The zero-order chi connectivity index (χ0) is 12.8. The van der Waals surface area contributed by atoms with Gasteiger partial charge in [-0.1, -0.05) is 35.6 Å². The van der Waals surface area contributed by atoms with E-state index in [2.05, 4.69) is 4.98 Å². The van der Waals surface area contributed by atoms with Crippen molar-refractivity contribution in [2.45, 2.75) is 19.3 Å². The van der Waals surface area contributed by atoms with Crippen molar-refractivity contribution in [3.8, 4) is 0 Å². The molecule has 0 saturated carbocycles. The third-order valence-electron chi connectivity index (χ3n) is 2.88. The van der Waals surface area contributed by atoms with Gasteiger partial charge in [-0.25, -0.2) is 4.98 Å². The van der Waals surface area contributed by atoms with Gasteiger partial charge in [0.05, 0.1) is 6.20 Å². The van der Waals surface area contributed by atoms with Crippen molar-refractivity contribution < 1.29 is 13.2 Å². The number of thiazole rings is 1. The molecule has 1 aromatic heterocycles. The van der Waals surface area contributed by atoms with Gasteiger partial charge in [0.1, 0.15) is 4.88 Å². The quantitative estimate of drug-likeness (QED) is 0.785. The van der Waals surface area contributed by atoms with Crippen LogP contribution < -0.4 is 4.90 Å². The summed E-state index contributed by atoms with van der Waals surface area (Å²) in [5, 5.41) is 0.429. The van der Waals surface area contributed by atoms with E-state index in [-0.39, 0.29) is 0 Å². The Labute approximate surface area is 106 Å². The Morgan fingerprint density at radius 1 is 1.11 bits per heavy atom. The van der Waals surface area contributed by atoms with Crippen molar-refractivity contribution in [1.29, 1.82) is 0 Å². The fourth-order valence-electron chi connectivity index (χ4n) is 2.01. The lowest BCUT2D eigenvalue weighted by molar-refractivity contribution is -0.134. The molecule has 94 valence electrons. The average molecular weight is 270 g/mol. The molecule has 1 aliphatic heterocycles. The van der Waals surface area contributed by atoms with Gasteiger partial charge in [0.15, 0.2) is 5.13 Å². The predicted molar refractivity (Wildman–Crippen MR) is 63.4 cm³/mol. The SMILES string of the molecule is FC(F)(F)c1cnc(N2Cc3ccccc3C2)s1. The van der Waals surface area contributed by atoms with Crippen LogP contribution in [0, 0.1) is 0 Å². The molecule has 1 aromatic carbocycles. The Hall–Kier alpha value is -1.56. The highest BCUT2D eigenvalue weighted by atomic mass is 32.1. The molecule has 1 aliphatic rings. The fourth-order valence-corrected chi connectivity index (χ4v) is 2.79. The summed E-state index contributed by atoms with van der Waals surface area (Å²) >= 11 is 0.698. The highest BCUT2D eigenvalue weighted by Gasteiger charge is 2.34. The smallest absolute Gasteiger partial charge is 0.339 e. The maximum Gasteiger partial charge on any atom is 0.427 e. The minimum atomic E-state index is -4.30. The van der Waals surface area contributed by atoms with Gasteiger partial charge in [0.25, 0.3) is 0 Å². The second-order valence-corrected chi connectivity index (χ2v) is 5.14. The van der Waals surface area contributed by atoms with Crippen molar-refractivity contribution in [1.82, 2.24) is 4.98 Å². The molecule has 2 heterocycles. The zero-order valence-electron chi connectivity index (χ0n) is 9.24. The van der Waals surface area contributed by atoms with Crippen LogP contribution in [0.5, 0.6) is 0 Å². The molecule has 2 nitrogen and oxygen atoms in total.